The third kappa shape index (κ3) is 6.04. The van der Waals surface area contributed by atoms with Gasteiger partial charge in [0.25, 0.3) is 0 Å². The first kappa shape index (κ1) is 23.7. The molecule has 0 radical (unpaired) electrons. The highest BCUT2D eigenvalue weighted by molar-refractivity contribution is 5.91. The third-order valence-electron chi connectivity index (χ3n) is 5.73. The normalized spacial score (nSPS) is 15.5. The number of rotatable bonds is 9. The van der Waals surface area contributed by atoms with Gasteiger partial charge in [0.1, 0.15) is 5.75 Å². The number of methoxy groups -OCH3 is 2. The maximum Gasteiger partial charge on any atom is 0.244 e. The summed E-state index contributed by atoms with van der Waals surface area (Å²) in [4.78, 5) is 12.6. The molecule has 32 heavy (non-hydrogen) atoms. The van der Waals surface area contributed by atoms with Gasteiger partial charge in [-0.1, -0.05) is 18.2 Å². The highest BCUT2D eigenvalue weighted by Crippen LogP contribution is 2.35. The number of hydrogen-bond acceptors (Lipinski definition) is 5. The topological polar surface area (TPSA) is 66.0 Å². The highest BCUT2D eigenvalue weighted by atomic mass is 16.5. The van der Waals surface area contributed by atoms with E-state index in [0.717, 1.165) is 24.2 Å². The molecule has 0 spiro atoms. The van der Waals surface area contributed by atoms with Gasteiger partial charge in [0.2, 0.25) is 5.91 Å². The van der Waals surface area contributed by atoms with E-state index in [9.17, 15) is 4.79 Å². The highest BCUT2D eigenvalue weighted by Gasteiger charge is 2.34. The summed E-state index contributed by atoms with van der Waals surface area (Å²) in [5.74, 6) is 2.01. The average molecular weight is 440 g/mol. The summed E-state index contributed by atoms with van der Waals surface area (Å²) in [7, 11) is 3.27. The fourth-order valence-corrected chi connectivity index (χ4v) is 3.90. The Kier molecular flexibility index (Phi) is 8.17. The summed E-state index contributed by atoms with van der Waals surface area (Å²) < 4.78 is 22.0. The number of hydrogen-bond donors (Lipinski definition) is 1. The minimum atomic E-state index is -0.146. The van der Waals surface area contributed by atoms with Crippen LogP contribution in [0, 0.1) is 0 Å². The molecule has 0 saturated carbocycles. The molecule has 6 nitrogen and oxygen atoms in total. The minimum Gasteiger partial charge on any atom is -0.497 e. The molecule has 1 aliphatic rings. The monoisotopic (exact) mass is 439 g/mol. The summed E-state index contributed by atoms with van der Waals surface area (Å²) in [5.41, 5.74) is 1.91. The third-order valence-corrected chi connectivity index (χ3v) is 5.73. The van der Waals surface area contributed by atoms with Gasteiger partial charge < -0.3 is 24.3 Å². The van der Waals surface area contributed by atoms with Crippen LogP contribution >= 0.6 is 0 Å². The lowest BCUT2D eigenvalue weighted by atomic mass is 9.74. The maximum atomic E-state index is 12.6. The molecule has 1 amide bonds. The number of carbonyl (C=O) groups excluding carboxylic acids is 1. The Bertz CT molecular complexity index is 914. The van der Waals surface area contributed by atoms with Gasteiger partial charge in [0.15, 0.2) is 11.5 Å². The second-order valence-electron chi connectivity index (χ2n) is 8.25. The van der Waals surface area contributed by atoms with Crippen molar-refractivity contribution in [2.24, 2.45) is 0 Å². The van der Waals surface area contributed by atoms with Gasteiger partial charge in [0, 0.05) is 31.2 Å². The Balaban J connectivity index is 1.67. The number of benzene rings is 2. The molecule has 1 saturated heterocycles. The SMILES string of the molecule is COc1ccc(C2(CNC(=O)C=Cc3ccc(OC(C)C)c(OC)c3)CCOCC2)cc1. The zero-order valence-electron chi connectivity index (χ0n) is 19.4. The lowest BCUT2D eigenvalue weighted by molar-refractivity contribution is -0.116. The predicted molar refractivity (Wildman–Crippen MR) is 126 cm³/mol. The lowest BCUT2D eigenvalue weighted by Crippen LogP contribution is -2.44. The van der Waals surface area contributed by atoms with Gasteiger partial charge in [-0.3, -0.25) is 4.79 Å². The number of amides is 1. The fourth-order valence-electron chi connectivity index (χ4n) is 3.90. The van der Waals surface area contributed by atoms with Crippen LogP contribution in [0.1, 0.15) is 37.8 Å². The number of carbonyl (C=O) groups is 1. The Morgan fingerprint density at radius 1 is 1.06 bits per heavy atom. The number of nitrogens with one attached hydrogen (secondary N) is 1. The first-order valence-electron chi connectivity index (χ1n) is 11.0. The van der Waals surface area contributed by atoms with Crippen LogP contribution in [0.2, 0.25) is 0 Å². The van der Waals surface area contributed by atoms with Crippen molar-refractivity contribution >= 4 is 12.0 Å². The molecular weight excluding hydrogens is 406 g/mol. The minimum absolute atomic E-state index is 0.0549. The van der Waals surface area contributed by atoms with Crippen LogP contribution in [-0.2, 0) is 14.9 Å². The van der Waals surface area contributed by atoms with Crippen LogP contribution < -0.4 is 19.5 Å². The van der Waals surface area contributed by atoms with Crippen molar-refractivity contribution in [2.75, 3.05) is 34.0 Å². The van der Waals surface area contributed by atoms with E-state index in [4.69, 9.17) is 18.9 Å². The molecule has 2 aromatic rings. The molecule has 6 heteroatoms. The summed E-state index contributed by atoms with van der Waals surface area (Å²) in [6, 6.07) is 13.7. The van der Waals surface area contributed by atoms with E-state index in [1.165, 1.54) is 5.56 Å². The van der Waals surface area contributed by atoms with Crippen molar-refractivity contribution < 1.29 is 23.7 Å². The van der Waals surface area contributed by atoms with Gasteiger partial charge in [-0.25, -0.2) is 0 Å². The first-order valence-corrected chi connectivity index (χ1v) is 11.0. The second-order valence-corrected chi connectivity index (χ2v) is 8.25. The molecule has 1 heterocycles. The molecule has 0 bridgehead atoms. The molecule has 0 atom stereocenters. The summed E-state index contributed by atoms with van der Waals surface area (Å²) in [5, 5.41) is 3.09. The zero-order chi connectivity index (χ0) is 23.0. The Morgan fingerprint density at radius 3 is 2.41 bits per heavy atom. The molecule has 0 aromatic heterocycles. The van der Waals surface area contributed by atoms with Crippen molar-refractivity contribution in [2.45, 2.75) is 38.2 Å². The zero-order valence-corrected chi connectivity index (χ0v) is 19.4. The summed E-state index contributed by atoms with van der Waals surface area (Å²) in [6.45, 7) is 5.85. The van der Waals surface area contributed by atoms with Gasteiger partial charge in [0.05, 0.1) is 20.3 Å². The van der Waals surface area contributed by atoms with E-state index in [1.807, 2.05) is 44.2 Å². The fraction of sp³-hybridized carbons (Fsp3) is 0.423. The predicted octanol–water partition coefficient (Wildman–Crippen LogP) is 4.37. The largest absolute Gasteiger partial charge is 0.497 e. The van der Waals surface area contributed by atoms with Crippen LogP contribution in [0.25, 0.3) is 6.08 Å². The molecule has 1 aliphatic heterocycles. The molecule has 3 rings (SSSR count). The summed E-state index contributed by atoms with van der Waals surface area (Å²) >= 11 is 0. The van der Waals surface area contributed by atoms with Gasteiger partial charge >= 0.3 is 0 Å². The van der Waals surface area contributed by atoms with Gasteiger partial charge in [-0.05, 0) is 68.2 Å². The molecule has 1 N–H and O–H groups in total. The van der Waals surface area contributed by atoms with E-state index < -0.39 is 0 Å². The van der Waals surface area contributed by atoms with Crippen molar-refractivity contribution in [3.05, 3.63) is 59.7 Å². The van der Waals surface area contributed by atoms with Crippen molar-refractivity contribution in [3.8, 4) is 17.2 Å². The van der Waals surface area contributed by atoms with Gasteiger partial charge in [-0.2, -0.15) is 0 Å². The van der Waals surface area contributed by atoms with Crippen molar-refractivity contribution in [3.63, 3.8) is 0 Å². The Hall–Kier alpha value is -2.99. The molecule has 0 unspecified atom stereocenters. The Morgan fingerprint density at radius 2 is 1.78 bits per heavy atom. The standard InChI is InChI=1S/C26H33NO5/c1-19(2)32-23-11-5-20(17-24(23)30-4)6-12-25(28)27-18-26(13-15-31-16-14-26)21-7-9-22(29-3)10-8-21/h5-12,17,19H,13-16,18H2,1-4H3,(H,27,28). The average Bonchev–Trinajstić information content (AvgIpc) is 2.82. The van der Waals surface area contributed by atoms with Crippen LogP contribution in [0.4, 0.5) is 0 Å². The van der Waals surface area contributed by atoms with Crippen LogP contribution in [0.15, 0.2) is 48.5 Å². The number of ether oxygens (including phenoxy) is 4. The molecule has 172 valence electrons. The molecule has 2 aromatic carbocycles. The first-order chi connectivity index (χ1) is 15.5. The van der Waals surface area contributed by atoms with Crippen LogP contribution in [0.5, 0.6) is 17.2 Å². The molecule has 0 aliphatic carbocycles. The van der Waals surface area contributed by atoms with E-state index in [-0.39, 0.29) is 17.4 Å². The summed E-state index contributed by atoms with van der Waals surface area (Å²) in [6.07, 6.45) is 5.11. The van der Waals surface area contributed by atoms with Crippen LogP contribution in [-0.4, -0.2) is 46.0 Å². The van der Waals surface area contributed by atoms with E-state index in [0.29, 0.717) is 31.3 Å². The lowest BCUT2D eigenvalue weighted by Gasteiger charge is -2.38. The van der Waals surface area contributed by atoms with E-state index >= 15 is 0 Å². The second kappa shape index (κ2) is 11.0. The van der Waals surface area contributed by atoms with E-state index in [2.05, 4.69) is 17.4 Å². The Labute approximate surface area is 190 Å². The van der Waals surface area contributed by atoms with Crippen molar-refractivity contribution in [1.82, 2.24) is 5.32 Å². The van der Waals surface area contributed by atoms with E-state index in [1.54, 1.807) is 26.4 Å². The van der Waals surface area contributed by atoms with Crippen molar-refractivity contribution in [1.29, 1.82) is 0 Å². The maximum absolute atomic E-state index is 12.6. The van der Waals surface area contributed by atoms with Crippen LogP contribution in [0.3, 0.4) is 0 Å². The molecular formula is C26H33NO5. The molecule has 1 fully saturated rings. The smallest absolute Gasteiger partial charge is 0.244 e. The van der Waals surface area contributed by atoms with Gasteiger partial charge in [-0.15, -0.1) is 0 Å². The quantitative estimate of drug-likeness (QED) is 0.588.